The molecule has 0 aliphatic carbocycles. The Morgan fingerprint density at radius 2 is 2.11 bits per heavy atom. The van der Waals surface area contributed by atoms with E-state index in [1.807, 2.05) is 30.3 Å². The average Bonchev–Trinajstić information content (AvgIpc) is 3.16. The van der Waals surface area contributed by atoms with Crippen molar-refractivity contribution in [1.82, 2.24) is 14.5 Å². The summed E-state index contributed by atoms with van der Waals surface area (Å²) in [6, 6.07) is 11.0. The van der Waals surface area contributed by atoms with E-state index in [2.05, 4.69) is 9.97 Å². The van der Waals surface area contributed by atoms with Crippen LogP contribution in [0.2, 0.25) is 5.15 Å². The maximum Gasteiger partial charge on any atom is 0.268 e. The molecule has 2 heterocycles. The van der Waals surface area contributed by atoms with Crippen molar-refractivity contribution in [2.24, 2.45) is 5.73 Å². The van der Waals surface area contributed by atoms with Gasteiger partial charge in [0, 0.05) is 24.4 Å². The van der Waals surface area contributed by atoms with E-state index in [1.165, 1.54) is 12.5 Å². The number of aliphatic hydroxyl groups is 1. The van der Waals surface area contributed by atoms with Crippen molar-refractivity contribution >= 4 is 17.5 Å². The van der Waals surface area contributed by atoms with Gasteiger partial charge in [0.05, 0.1) is 25.1 Å². The molecule has 28 heavy (non-hydrogen) atoms. The van der Waals surface area contributed by atoms with Gasteiger partial charge in [-0.3, -0.25) is 4.79 Å². The standard InChI is InChI=1S/C20H21ClN4O3/c1-13(26)18(25-11-17(20(22)27)24-12-25)7-8-28-16-4-2-3-14(9-16)15-5-6-19(21)23-10-15/h2-6,9-13,18,26H,7-8H2,1H3,(H2,22,27)/t13-,18+/m0/s1. The Hall–Kier alpha value is -2.90. The first-order valence-corrected chi connectivity index (χ1v) is 9.18. The van der Waals surface area contributed by atoms with Crippen LogP contribution in [0.1, 0.15) is 29.9 Å². The number of hydrogen-bond acceptors (Lipinski definition) is 5. The van der Waals surface area contributed by atoms with Crippen molar-refractivity contribution in [3.63, 3.8) is 0 Å². The third kappa shape index (κ3) is 4.88. The Morgan fingerprint density at radius 1 is 1.29 bits per heavy atom. The number of benzene rings is 1. The van der Waals surface area contributed by atoms with Crippen LogP contribution in [-0.2, 0) is 0 Å². The summed E-state index contributed by atoms with van der Waals surface area (Å²) >= 11 is 5.84. The van der Waals surface area contributed by atoms with Gasteiger partial charge in [-0.15, -0.1) is 0 Å². The van der Waals surface area contributed by atoms with Gasteiger partial charge < -0.3 is 20.1 Å². The smallest absolute Gasteiger partial charge is 0.268 e. The fourth-order valence-electron chi connectivity index (χ4n) is 2.89. The zero-order valence-electron chi connectivity index (χ0n) is 15.3. The van der Waals surface area contributed by atoms with Gasteiger partial charge in [-0.1, -0.05) is 23.7 Å². The number of hydrogen-bond donors (Lipinski definition) is 2. The fourth-order valence-corrected chi connectivity index (χ4v) is 3.01. The van der Waals surface area contributed by atoms with Gasteiger partial charge in [0.2, 0.25) is 0 Å². The molecule has 0 fully saturated rings. The number of carbonyl (C=O) groups excluding carboxylic acids is 1. The molecular formula is C20H21ClN4O3. The van der Waals surface area contributed by atoms with Crippen molar-refractivity contribution in [2.45, 2.75) is 25.5 Å². The molecule has 2 atom stereocenters. The number of amides is 1. The second kappa shape index (κ2) is 8.86. The Morgan fingerprint density at radius 3 is 2.75 bits per heavy atom. The summed E-state index contributed by atoms with van der Waals surface area (Å²) in [4.78, 5) is 19.3. The number of pyridine rings is 1. The van der Waals surface area contributed by atoms with Crippen LogP contribution in [0.3, 0.4) is 0 Å². The first-order chi connectivity index (χ1) is 13.4. The summed E-state index contributed by atoms with van der Waals surface area (Å²) in [5.41, 5.74) is 7.30. The molecule has 7 nitrogen and oxygen atoms in total. The highest BCUT2D eigenvalue weighted by atomic mass is 35.5. The van der Waals surface area contributed by atoms with Crippen LogP contribution in [0, 0.1) is 0 Å². The molecule has 0 bridgehead atoms. The normalized spacial score (nSPS) is 13.1. The van der Waals surface area contributed by atoms with E-state index >= 15 is 0 Å². The predicted molar refractivity (Wildman–Crippen MR) is 106 cm³/mol. The van der Waals surface area contributed by atoms with Crippen molar-refractivity contribution in [3.8, 4) is 16.9 Å². The molecule has 0 radical (unpaired) electrons. The molecule has 0 spiro atoms. The lowest BCUT2D eigenvalue weighted by Gasteiger charge is -2.21. The summed E-state index contributed by atoms with van der Waals surface area (Å²) in [5, 5.41) is 10.5. The van der Waals surface area contributed by atoms with Crippen molar-refractivity contribution < 1.29 is 14.6 Å². The summed E-state index contributed by atoms with van der Waals surface area (Å²) in [5.74, 6) is 0.105. The maximum atomic E-state index is 11.2. The minimum atomic E-state index is -0.648. The molecule has 146 valence electrons. The lowest BCUT2D eigenvalue weighted by Crippen LogP contribution is -2.23. The number of imidazole rings is 1. The number of aliphatic hydroxyl groups excluding tert-OH is 1. The molecular weight excluding hydrogens is 380 g/mol. The number of rotatable bonds is 8. The lowest BCUT2D eigenvalue weighted by molar-refractivity contribution is 0.0993. The minimum Gasteiger partial charge on any atom is -0.493 e. The van der Waals surface area contributed by atoms with Crippen LogP contribution < -0.4 is 10.5 Å². The molecule has 8 heteroatoms. The maximum absolute atomic E-state index is 11.2. The third-order valence-electron chi connectivity index (χ3n) is 4.37. The highest BCUT2D eigenvalue weighted by Gasteiger charge is 2.19. The first kappa shape index (κ1) is 19.9. The number of halogens is 1. The second-order valence-corrected chi connectivity index (χ2v) is 6.80. The number of nitrogens with zero attached hydrogens (tertiary/aromatic N) is 3. The molecule has 0 aliphatic rings. The van der Waals surface area contributed by atoms with Gasteiger partial charge in [0.15, 0.2) is 0 Å². The number of ether oxygens (including phenoxy) is 1. The first-order valence-electron chi connectivity index (χ1n) is 8.80. The molecule has 2 aromatic heterocycles. The van der Waals surface area contributed by atoms with Gasteiger partial charge in [0.25, 0.3) is 5.91 Å². The van der Waals surface area contributed by atoms with E-state index in [9.17, 15) is 9.90 Å². The van der Waals surface area contributed by atoms with E-state index in [1.54, 1.807) is 23.8 Å². The van der Waals surface area contributed by atoms with Crippen molar-refractivity contribution in [3.05, 3.63) is 66.0 Å². The minimum absolute atomic E-state index is 0.163. The summed E-state index contributed by atoms with van der Waals surface area (Å²) in [6.45, 7) is 2.06. The highest BCUT2D eigenvalue weighted by molar-refractivity contribution is 6.29. The van der Waals surface area contributed by atoms with Crippen molar-refractivity contribution in [1.29, 1.82) is 0 Å². The molecule has 3 aromatic rings. The number of nitrogens with two attached hydrogens (primary N) is 1. The van der Waals surface area contributed by atoms with E-state index in [-0.39, 0.29) is 11.7 Å². The monoisotopic (exact) mass is 400 g/mol. The van der Waals surface area contributed by atoms with Gasteiger partial charge in [-0.05, 0) is 36.8 Å². The largest absolute Gasteiger partial charge is 0.493 e. The van der Waals surface area contributed by atoms with E-state index in [0.29, 0.717) is 23.9 Å². The number of carbonyl (C=O) groups is 1. The second-order valence-electron chi connectivity index (χ2n) is 6.41. The van der Waals surface area contributed by atoms with Crippen LogP contribution in [0.5, 0.6) is 5.75 Å². The zero-order chi connectivity index (χ0) is 20.1. The van der Waals surface area contributed by atoms with Crippen molar-refractivity contribution in [2.75, 3.05) is 6.61 Å². The van der Waals surface area contributed by atoms with Crippen LogP contribution in [0.25, 0.3) is 11.1 Å². The molecule has 1 aromatic carbocycles. The quantitative estimate of drug-likeness (QED) is 0.565. The fraction of sp³-hybridized carbons (Fsp3) is 0.250. The Bertz CT molecular complexity index is 941. The molecule has 3 N–H and O–H groups in total. The Balaban J connectivity index is 1.65. The molecule has 0 aliphatic heterocycles. The molecule has 0 unspecified atom stereocenters. The van der Waals surface area contributed by atoms with Gasteiger partial charge >= 0.3 is 0 Å². The predicted octanol–water partition coefficient (Wildman–Crippen LogP) is 3.09. The van der Waals surface area contributed by atoms with E-state index in [4.69, 9.17) is 22.1 Å². The van der Waals surface area contributed by atoms with Gasteiger partial charge in [-0.2, -0.15) is 0 Å². The topological polar surface area (TPSA) is 103 Å². The Labute approximate surface area is 167 Å². The van der Waals surface area contributed by atoms with Crippen LogP contribution >= 0.6 is 11.6 Å². The summed E-state index contributed by atoms with van der Waals surface area (Å²) in [7, 11) is 0. The molecule has 0 saturated heterocycles. The highest BCUT2D eigenvalue weighted by Crippen LogP contribution is 2.25. The van der Waals surface area contributed by atoms with Crippen LogP contribution in [0.4, 0.5) is 0 Å². The average molecular weight is 401 g/mol. The molecule has 1 amide bonds. The van der Waals surface area contributed by atoms with Crippen LogP contribution in [0.15, 0.2) is 55.1 Å². The number of primary amides is 1. The summed E-state index contributed by atoms with van der Waals surface area (Å²) in [6.07, 6.45) is 4.61. The lowest BCUT2D eigenvalue weighted by atomic mass is 10.1. The third-order valence-corrected chi connectivity index (χ3v) is 4.59. The molecule has 0 saturated carbocycles. The Kier molecular flexibility index (Phi) is 6.28. The summed E-state index contributed by atoms with van der Waals surface area (Å²) < 4.78 is 7.55. The molecule has 3 rings (SSSR count). The van der Waals surface area contributed by atoms with E-state index < -0.39 is 12.0 Å². The zero-order valence-corrected chi connectivity index (χ0v) is 16.1. The van der Waals surface area contributed by atoms with Gasteiger partial charge in [0.1, 0.15) is 16.6 Å². The number of aromatic nitrogens is 3. The van der Waals surface area contributed by atoms with Crippen LogP contribution in [-0.4, -0.2) is 38.3 Å². The van der Waals surface area contributed by atoms with Gasteiger partial charge in [-0.25, -0.2) is 9.97 Å². The van der Waals surface area contributed by atoms with E-state index in [0.717, 1.165) is 11.1 Å². The SMILES string of the molecule is C[C@H](O)[C@@H](CCOc1cccc(-c2ccc(Cl)nc2)c1)n1cnc(C(N)=O)c1.